The number of aromatic nitrogens is 2. The average molecular weight is 376 g/mol. The topological polar surface area (TPSA) is 122 Å². The molecule has 0 spiro atoms. The van der Waals surface area contributed by atoms with E-state index >= 15 is 0 Å². The normalized spacial score (nSPS) is 10.2. The minimum absolute atomic E-state index is 0.0411. The summed E-state index contributed by atoms with van der Waals surface area (Å²) in [5.41, 5.74) is 14.3. The van der Waals surface area contributed by atoms with E-state index in [1.165, 1.54) is 13.3 Å². The summed E-state index contributed by atoms with van der Waals surface area (Å²) in [4.78, 5) is 32.0. The summed E-state index contributed by atoms with van der Waals surface area (Å²) in [6, 6.07) is 14.2. The van der Waals surface area contributed by atoms with E-state index in [0.29, 0.717) is 22.6 Å². The van der Waals surface area contributed by atoms with Crippen LogP contribution in [0.15, 0.2) is 54.9 Å². The Morgan fingerprint density at radius 1 is 1.00 bits per heavy atom. The zero-order chi connectivity index (χ0) is 20.1. The molecule has 0 unspecified atom stereocenters. The van der Waals surface area contributed by atoms with E-state index in [1.54, 1.807) is 36.4 Å². The third-order valence-electron chi connectivity index (χ3n) is 4.10. The number of hydrogen-bond acceptors (Lipinski definition) is 7. The molecule has 0 bridgehead atoms. The number of nitrogens with zero attached hydrogens (tertiary/aromatic N) is 2. The van der Waals surface area contributed by atoms with Crippen molar-refractivity contribution in [3.63, 3.8) is 0 Å². The number of hydrazine groups is 1. The van der Waals surface area contributed by atoms with E-state index in [0.717, 1.165) is 5.56 Å². The molecular weight excluding hydrogens is 356 g/mol. The molecule has 3 aromatic rings. The number of carbonyl (C=O) groups is 2. The number of Topliss-reactive ketones (excluding diaryl/α,β-unsaturated/α-hetero) is 1. The molecule has 8 nitrogen and oxygen atoms in total. The van der Waals surface area contributed by atoms with Crippen LogP contribution in [0.3, 0.4) is 0 Å². The van der Waals surface area contributed by atoms with Gasteiger partial charge in [-0.2, -0.15) is 0 Å². The van der Waals surface area contributed by atoms with Gasteiger partial charge in [-0.15, -0.1) is 0 Å². The van der Waals surface area contributed by atoms with Crippen LogP contribution in [0.5, 0.6) is 0 Å². The van der Waals surface area contributed by atoms with Crippen molar-refractivity contribution in [2.75, 3.05) is 16.5 Å². The largest absolute Gasteiger partial charge is 0.393 e. The van der Waals surface area contributed by atoms with Crippen LogP contribution in [0.25, 0.3) is 0 Å². The van der Waals surface area contributed by atoms with Gasteiger partial charge in [-0.25, -0.2) is 9.97 Å². The molecule has 0 aliphatic carbocycles. The number of aryl methyl sites for hydroxylation is 1. The number of nitrogen functional groups attached to an aromatic ring is 1. The van der Waals surface area contributed by atoms with Crippen LogP contribution in [0, 0.1) is 6.92 Å². The second-order valence-electron chi connectivity index (χ2n) is 6.14. The highest BCUT2D eigenvalue weighted by Gasteiger charge is 2.12. The third kappa shape index (κ3) is 4.24. The van der Waals surface area contributed by atoms with E-state index in [1.807, 2.05) is 19.1 Å². The number of benzene rings is 2. The molecule has 0 atom stereocenters. The van der Waals surface area contributed by atoms with Crippen LogP contribution in [0.2, 0.25) is 0 Å². The van der Waals surface area contributed by atoms with E-state index in [4.69, 9.17) is 5.73 Å². The monoisotopic (exact) mass is 376 g/mol. The lowest BCUT2D eigenvalue weighted by Crippen LogP contribution is -2.30. The second kappa shape index (κ2) is 8.17. The van der Waals surface area contributed by atoms with Crippen molar-refractivity contribution in [1.82, 2.24) is 15.4 Å². The molecule has 0 aliphatic rings. The van der Waals surface area contributed by atoms with Crippen LogP contribution in [-0.4, -0.2) is 21.7 Å². The lowest BCUT2D eigenvalue weighted by atomic mass is 10.1. The maximum atomic E-state index is 12.3. The van der Waals surface area contributed by atoms with Gasteiger partial charge in [-0.3, -0.25) is 20.4 Å². The van der Waals surface area contributed by atoms with Crippen LogP contribution in [0.1, 0.15) is 33.2 Å². The SMILES string of the molecule is CC(=O)c1cccc(Nc2ncnc(NNC(=O)c3ccccc3C)c2N)c1. The molecule has 0 saturated heterocycles. The Morgan fingerprint density at radius 3 is 2.50 bits per heavy atom. The number of anilines is 4. The van der Waals surface area contributed by atoms with E-state index in [9.17, 15) is 9.59 Å². The summed E-state index contributed by atoms with van der Waals surface area (Å²) in [6.45, 7) is 3.35. The summed E-state index contributed by atoms with van der Waals surface area (Å²) in [7, 11) is 0. The zero-order valence-corrected chi connectivity index (χ0v) is 15.5. The number of nitrogens with two attached hydrogens (primary N) is 1. The minimum atomic E-state index is -0.306. The Bertz CT molecular complexity index is 1030. The molecule has 5 N–H and O–H groups in total. The molecule has 8 heteroatoms. The first-order chi connectivity index (χ1) is 13.5. The molecule has 0 fully saturated rings. The van der Waals surface area contributed by atoms with Gasteiger partial charge in [0, 0.05) is 16.8 Å². The van der Waals surface area contributed by atoms with Crippen molar-refractivity contribution in [3.8, 4) is 0 Å². The molecular formula is C20H20N6O2. The van der Waals surface area contributed by atoms with Crippen molar-refractivity contribution in [2.45, 2.75) is 13.8 Å². The number of ketones is 1. The van der Waals surface area contributed by atoms with Gasteiger partial charge < -0.3 is 11.1 Å². The second-order valence-corrected chi connectivity index (χ2v) is 6.14. The molecule has 28 heavy (non-hydrogen) atoms. The van der Waals surface area contributed by atoms with Gasteiger partial charge in [-0.1, -0.05) is 30.3 Å². The van der Waals surface area contributed by atoms with Crippen LogP contribution in [-0.2, 0) is 0 Å². The summed E-state index contributed by atoms with van der Waals surface area (Å²) < 4.78 is 0. The predicted octanol–water partition coefficient (Wildman–Crippen LogP) is 3.07. The van der Waals surface area contributed by atoms with Crippen molar-refractivity contribution in [1.29, 1.82) is 0 Å². The number of amides is 1. The van der Waals surface area contributed by atoms with E-state index in [2.05, 4.69) is 26.1 Å². The summed E-state index contributed by atoms with van der Waals surface area (Å²) in [6.07, 6.45) is 1.32. The number of rotatable bonds is 6. The van der Waals surface area contributed by atoms with E-state index in [-0.39, 0.29) is 23.2 Å². The van der Waals surface area contributed by atoms with Crippen molar-refractivity contribution >= 4 is 34.7 Å². The van der Waals surface area contributed by atoms with Crippen LogP contribution >= 0.6 is 0 Å². The lowest BCUT2D eigenvalue weighted by molar-refractivity contribution is 0.0960. The lowest BCUT2D eigenvalue weighted by Gasteiger charge is -2.14. The summed E-state index contributed by atoms with van der Waals surface area (Å²) in [5.74, 6) is 0.255. The highest BCUT2D eigenvalue weighted by molar-refractivity contribution is 5.97. The molecule has 2 aromatic carbocycles. The maximum absolute atomic E-state index is 12.3. The predicted molar refractivity (Wildman–Crippen MR) is 108 cm³/mol. The average Bonchev–Trinajstić information content (AvgIpc) is 2.69. The standard InChI is InChI=1S/C20H20N6O2/c1-12-6-3-4-9-16(12)20(28)26-25-19-17(21)18(22-11-23-19)24-15-8-5-7-14(10-15)13(2)27/h3-11H,21H2,1-2H3,(H,26,28)(H2,22,23,24,25). The van der Waals surface area contributed by atoms with Gasteiger partial charge in [0.1, 0.15) is 12.0 Å². The van der Waals surface area contributed by atoms with Crippen molar-refractivity contribution in [2.24, 2.45) is 0 Å². The highest BCUT2D eigenvalue weighted by Crippen LogP contribution is 2.25. The molecule has 1 aromatic heterocycles. The molecule has 0 radical (unpaired) electrons. The molecule has 0 saturated carbocycles. The number of hydrogen-bond donors (Lipinski definition) is 4. The first-order valence-corrected chi connectivity index (χ1v) is 8.56. The molecule has 0 aliphatic heterocycles. The van der Waals surface area contributed by atoms with Crippen LogP contribution < -0.4 is 21.9 Å². The van der Waals surface area contributed by atoms with Crippen molar-refractivity contribution < 1.29 is 9.59 Å². The molecule has 1 heterocycles. The summed E-state index contributed by atoms with van der Waals surface area (Å²) >= 11 is 0. The van der Waals surface area contributed by atoms with Gasteiger partial charge in [0.25, 0.3) is 5.91 Å². The van der Waals surface area contributed by atoms with Crippen molar-refractivity contribution in [3.05, 3.63) is 71.5 Å². The fourth-order valence-corrected chi connectivity index (χ4v) is 2.56. The first kappa shape index (κ1) is 18.8. The minimum Gasteiger partial charge on any atom is -0.393 e. The smallest absolute Gasteiger partial charge is 0.269 e. The first-order valence-electron chi connectivity index (χ1n) is 8.56. The third-order valence-corrected chi connectivity index (χ3v) is 4.10. The summed E-state index contributed by atoms with van der Waals surface area (Å²) in [5, 5.41) is 3.06. The number of nitrogens with one attached hydrogen (secondary N) is 3. The Balaban J connectivity index is 1.74. The Hall–Kier alpha value is -3.94. The quantitative estimate of drug-likeness (QED) is 0.385. The Labute approximate surface area is 162 Å². The van der Waals surface area contributed by atoms with Crippen LogP contribution in [0.4, 0.5) is 23.0 Å². The molecule has 1 amide bonds. The Morgan fingerprint density at radius 2 is 1.75 bits per heavy atom. The zero-order valence-electron chi connectivity index (χ0n) is 15.5. The highest BCUT2D eigenvalue weighted by atomic mass is 16.2. The fraction of sp³-hybridized carbons (Fsp3) is 0.100. The fourth-order valence-electron chi connectivity index (χ4n) is 2.56. The molecule has 3 rings (SSSR count). The van der Waals surface area contributed by atoms with Gasteiger partial charge >= 0.3 is 0 Å². The van der Waals surface area contributed by atoms with Gasteiger partial charge in [0.15, 0.2) is 17.4 Å². The van der Waals surface area contributed by atoms with E-state index < -0.39 is 0 Å². The molecule has 142 valence electrons. The maximum Gasteiger partial charge on any atom is 0.269 e. The Kier molecular flexibility index (Phi) is 5.50. The van der Waals surface area contributed by atoms with Gasteiger partial charge in [0.2, 0.25) is 0 Å². The van der Waals surface area contributed by atoms with Gasteiger partial charge in [-0.05, 0) is 37.6 Å². The van der Waals surface area contributed by atoms with Gasteiger partial charge in [0.05, 0.1) is 0 Å². The number of carbonyl (C=O) groups excluding carboxylic acids is 2.